The molecule has 6 atom stereocenters. The number of rotatable bonds is 14. The highest BCUT2D eigenvalue weighted by Crippen LogP contribution is 2.42. The minimum absolute atomic E-state index is 0.0306. The van der Waals surface area contributed by atoms with Crippen molar-refractivity contribution in [1.82, 2.24) is 34.3 Å². The lowest BCUT2D eigenvalue weighted by Crippen LogP contribution is -2.52. The van der Waals surface area contributed by atoms with Crippen LogP contribution in [-0.2, 0) is 0 Å². The van der Waals surface area contributed by atoms with Crippen molar-refractivity contribution in [3.8, 4) is 0 Å². The van der Waals surface area contributed by atoms with Crippen LogP contribution in [0.4, 0.5) is 39.5 Å². The Kier molecular flexibility index (Phi) is 44.1. The summed E-state index contributed by atoms with van der Waals surface area (Å²) >= 11 is 0. The first-order valence-electron chi connectivity index (χ1n) is 39.0. The summed E-state index contributed by atoms with van der Waals surface area (Å²) in [5.41, 5.74) is 0. The molecule has 6 unspecified atom stereocenters. The molecule has 7 saturated heterocycles. The van der Waals surface area contributed by atoms with Gasteiger partial charge >= 0.3 is 12.1 Å². The Labute approximate surface area is 583 Å². The molecule has 0 radical (unpaired) electrons. The van der Waals surface area contributed by atoms with Crippen LogP contribution >= 0.6 is 0 Å². The highest BCUT2D eigenvalue weighted by Gasteiger charge is 2.49. The highest BCUT2D eigenvalue weighted by atomic mass is 19.3. The van der Waals surface area contributed by atoms with Gasteiger partial charge in [0, 0.05) is 86.6 Å². The summed E-state index contributed by atoms with van der Waals surface area (Å²) in [5, 5.41) is 0. The predicted molar refractivity (Wildman–Crippen MR) is 392 cm³/mol. The quantitative estimate of drug-likeness (QED) is 0.126. The lowest BCUT2D eigenvalue weighted by Gasteiger charge is -2.42. The average Bonchev–Trinajstić information content (AvgIpc) is 0.852. The minimum atomic E-state index is -2.60. The van der Waals surface area contributed by atoms with E-state index in [1.807, 2.05) is 139 Å². The Morgan fingerprint density at radius 3 is 0.726 bits per heavy atom. The number of hydrogen-bond acceptors (Lipinski definition) is 7. The van der Waals surface area contributed by atoms with Crippen molar-refractivity contribution in [2.45, 2.75) is 357 Å². The zero-order valence-electron chi connectivity index (χ0n) is 67.5. The summed E-state index contributed by atoms with van der Waals surface area (Å²) in [6, 6.07) is -3.00. The van der Waals surface area contributed by atoms with Crippen molar-refractivity contribution in [3.05, 3.63) is 0 Å². The molecule has 7 rings (SSSR count). The van der Waals surface area contributed by atoms with Gasteiger partial charge in [0.25, 0.3) is 11.8 Å². The standard InChI is InChI=1S/4C11H21F2N.C11H22FN.2C11H23N.C2H6/c2*1-8(2)10-5-6-14(9(3)4)7-11(10,12)13;2*1-8(2)10-5-6-14(9(3)4)11(12,13)7-10;1-8(2)10-5-6-13(9(3)4)11(12)7-10;2*1-9(2)11-5-7-12(8-6-11)10(3)4;1-2/h4*8-10H,5-7H2,1-4H3;8-11H,5-7H2,1-4H3;2*9-11H,5-8H2,1-4H3;1-2H3. The molecule has 16 heteroatoms. The molecule has 7 aliphatic heterocycles. The number of likely N-dealkylation sites (tertiary alicyclic amines) is 7. The average molecular weight is 1380 g/mol. The summed E-state index contributed by atoms with van der Waals surface area (Å²) < 4.78 is 123. The highest BCUT2D eigenvalue weighted by molar-refractivity contribution is 4.91. The molecule has 0 bridgehead atoms. The van der Waals surface area contributed by atoms with Gasteiger partial charge in [0.2, 0.25) is 0 Å². The molecule has 7 nitrogen and oxygen atoms in total. The van der Waals surface area contributed by atoms with Crippen LogP contribution in [0.1, 0.15) is 285 Å². The second-order valence-electron chi connectivity index (χ2n) is 34.0. The van der Waals surface area contributed by atoms with Crippen LogP contribution in [0.5, 0.6) is 0 Å². The Morgan fingerprint density at radius 1 is 0.274 bits per heavy atom. The zero-order chi connectivity index (χ0) is 74.0. The molecule has 95 heavy (non-hydrogen) atoms. The normalized spacial score (nSPS) is 27.0. The largest absolute Gasteiger partial charge is 0.305 e. The molecule has 572 valence electrons. The fourth-order valence-corrected chi connectivity index (χ4v) is 15.3. The van der Waals surface area contributed by atoms with Gasteiger partial charge in [-0.05, 0) is 271 Å². The number of halogens is 9. The van der Waals surface area contributed by atoms with E-state index in [0.29, 0.717) is 55.6 Å². The summed E-state index contributed by atoms with van der Waals surface area (Å²) in [7, 11) is 0. The van der Waals surface area contributed by atoms with E-state index < -0.39 is 42.1 Å². The third-order valence-electron chi connectivity index (χ3n) is 22.6. The van der Waals surface area contributed by atoms with Crippen LogP contribution in [0, 0.1) is 82.9 Å². The Morgan fingerprint density at radius 2 is 0.526 bits per heavy atom. The maximum Gasteiger partial charge on any atom is 0.305 e. The van der Waals surface area contributed by atoms with Gasteiger partial charge in [-0.3, -0.25) is 14.7 Å². The Bertz CT molecular complexity index is 1680. The maximum absolute atomic E-state index is 13.7. The topological polar surface area (TPSA) is 22.7 Å². The van der Waals surface area contributed by atoms with Gasteiger partial charge in [0.05, 0.1) is 13.1 Å². The molecule has 0 aromatic rings. The molecule has 7 aliphatic rings. The Balaban J connectivity index is 0.00000108. The van der Waals surface area contributed by atoms with Crippen molar-refractivity contribution < 1.29 is 39.5 Å². The minimum Gasteiger partial charge on any atom is -0.301 e. The van der Waals surface area contributed by atoms with Gasteiger partial charge in [-0.1, -0.05) is 111 Å². The van der Waals surface area contributed by atoms with Gasteiger partial charge in [-0.2, -0.15) is 17.6 Å². The lowest BCUT2D eigenvalue weighted by atomic mass is 9.83. The molecule has 0 amide bonds. The second kappa shape index (κ2) is 44.6. The predicted octanol–water partition coefficient (Wildman–Crippen LogP) is 22.3. The second-order valence-corrected chi connectivity index (χ2v) is 34.0. The van der Waals surface area contributed by atoms with Crippen LogP contribution in [0.25, 0.3) is 0 Å². The molecule has 0 aromatic carbocycles. The molecule has 0 spiro atoms. The van der Waals surface area contributed by atoms with Crippen molar-refractivity contribution in [3.63, 3.8) is 0 Å². The number of hydrogen-bond donors (Lipinski definition) is 0. The van der Waals surface area contributed by atoms with Crippen LogP contribution in [-0.4, -0.2) is 179 Å². The number of piperidine rings is 7. The molecular formula is C79H158F9N7. The van der Waals surface area contributed by atoms with E-state index >= 15 is 0 Å². The molecule has 7 fully saturated rings. The summed E-state index contributed by atoms with van der Waals surface area (Å²) in [6.45, 7) is 70.9. The first-order valence-corrected chi connectivity index (χ1v) is 39.0. The van der Waals surface area contributed by atoms with Crippen LogP contribution in [0.3, 0.4) is 0 Å². The van der Waals surface area contributed by atoms with Gasteiger partial charge in [-0.15, -0.1) is 0 Å². The molecule has 0 aliphatic carbocycles. The summed E-state index contributed by atoms with van der Waals surface area (Å²) in [4.78, 5) is 13.6. The van der Waals surface area contributed by atoms with Crippen molar-refractivity contribution in [2.24, 2.45) is 82.9 Å². The van der Waals surface area contributed by atoms with Gasteiger partial charge < -0.3 is 9.80 Å². The molecule has 7 heterocycles. The number of alkyl halides is 9. The SMILES string of the molecule is CC.CC(C)C1CCN(C(C)C)C(F)(F)C1.CC(C)C1CCN(C(C)C)C(F)(F)C1.CC(C)C1CCN(C(C)C)C(F)C1.CC(C)C1CCN(C(C)C)CC1.CC(C)C1CCN(C(C)C)CC1.CC(C)C1CCN(C(C)C)CC1(F)F.CC(C)C1CCN(C(C)C)CC1(F)F. The molecule has 0 aromatic heterocycles. The van der Waals surface area contributed by atoms with Crippen molar-refractivity contribution >= 4 is 0 Å². The fraction of sp³-hybridized carbons (Fsp3) is 1.00. The maximum atomic E-state index is 13.7. The van der Waals surface area contributed by atoms with E-state index in [9.17, 15) is 39.5 Å². The first kappa shape index (κ1) is 94.1. The van der Waals surface area contributed by atoms with Crippen molar-refractivity contribution in [1.29, 1.82) is 0 Å². The van der Waals surface area contributed by atoms with E-state index in [-0.39, 0.29) is 73.8 Å². The molecule has 0 saturated carbocycles. The smallest absolute Gasteiger partial charge is 0.301 e. The van der Waals surface area contributed by atoms with Crippen LogP contribution in [0.15, 0.2) is 0 Å². The zero-order valence-corrected chi connectivity index (χ0v) is 67.5. The third-order valence-corrected chi connectivity index (χ3v) is 22.6. The van der Waals surface area contributed by atoms with Crippen molar-refractivity contribution in [2.75, 3.05) is 72.0 Å². The van der Waals surface area contributed by atoms with E-state index in [2.05, 4.69) is 92.9 Å². The molecule has 0 N–H and O–H groups in total. The summed E-state index contributed by atoms with van der Waals surface area (Å²) in [5.74, 6) is 0.364. The fourth-order valence-electron chi connectivity index (χ4n) is 15.3. The third kappa shape index (κ3) is 33.4. The van der Waals surface area contributed by atoms with Gasteiger partial charge in [0.1, 0.15) is 0 Å². The van der Waals surface area contributed by atoms with Gasteiger partial charge in [0.15, 0.2) is 6.30 Å². The van der Waals surface area contributed by atoms with Gasteiger partial charge in [-0.25, -0.2) is 31.8 Å². The van der Waals surface area contributed by atoms with Crippen LogP contribution < -0.4 is 0 Å². The monoisotopic (exact) mass is 1380 g/mol. The number of nitrogens with zero attached hydrogens (tertiary/aromatic N) is 7. The van der Waals surface area contributed by atoms with E-state index in [1.54, 1.807) is 0 Å². The lowest BCUT2D eigenvalue weighted by molar-refractivity contribution is -0.196. The Hall–Kier alpha value is -0.910. The van der Waals surface area contributed by atoms with E-state index in [4.69, 9.17) is 0 Å². The first-order chi connectivity index (χ1) is 43.6. The van der Waals surface area contributed by atoms with E-state index in [0.717, 1.165) is 81.1 Å². The van der Waals surface area contributed by atoms with E-state index in [1.165, 1.54) is 61.7 Å². The summed E-state index contributed by atoms with van der Waals surface area (Å²) in [6.07, 6.45) is 9.97. The van der Waals surface area contributed by atoms with Crippen LogP contribution in [0.2, 0.25) is 0 Å². The molecular weight excluding hydrogens is 1220 g/mol.